The fourth-order valence-electron chi connectivity index (χ4n) is 3.38. The van der Waals surface area contributed by atoms with Crippen LogP contribution in [0, 0.1) is 0 Å². The van der Waals surface area contributed by atoms with Crippen molar-refractivity contribution in [3.05, 3.63) is 30.0 Å². The Morgan fingerprint density at radius 3 is 2.96 bits per heavy atom. The Labute approximate surface area is 151 Å². The minimum Gasteiger partial charge on any atom is -0.337 e. The molecule has 4 rings (SSSR count). The molecule has 138 valence electrons. The van der Waals surface area contributed by atoms with Gasteiger partial charge in [-0.05, 0) is 18.0 Å². The highest BCUT2D eigenvalue weighted by Crippen LogP contribution is 2.17. The molecule has 0 spiro atoms. The number of hydrogen-bond donors (Lipinski definition) is 0. The molecule has 9 heteroatoms. The predicted molar refractivity (Wildman–Crippen MR) is 95.2 cm³/mol. The number of fused-ring (bicyclic) bond motifs is 1. The van der Waals surface area contributed by atoms with E-state index >= 15 is 0 Å². The van der Waals surface area contributed by atoms with Gasteiger partial charge in [0.15, 0.2) is 0 Å². The molecular weight excluding hydrogens is 334 g/mol. The molecule has 1 fully saturated rings. The SMILES string of the molecule is CCCc1nc(N2CCCN(C(=O)c3cnn4ccn(C)c34)CC2)no1. The van der Waals surface area contributed by atoms with E-state index in [-0.39, 0.29) is 5.91 Å². The number of aryl methyl sites for hydroxylation is 2. The molecule has 0 aliphatic carbocycles. The Bertz CT molecular complexity index is 909. The first kappa shape index (κ1) is 16.6. The summed E-state index contributed by atoms with van der Waals surface area (Å²) in [5, 5.41) is 8.35. The molecule has 0 atom stereocenters. The standard InChI is InChI=1S/C17H23N7O2/c1-3-5-14-19-17(20-26-14)23-7-4-6-22(9-10-23)16(25)13-12-18-24-11-8-21(2)15(13)24/h8,11-12H,3-7,9-10H2,1-2H3. The van der Waals surface area contributed by atoms with E-state index in [0.29, 0.717) is 37.0 Å². The summed E-state index contributed by atoms with van der Waals surface area (Å²) in [7, 11) is 1.92. The Kier molecular flexibility index (Phi) is 4.36. The summed E-state index contributed by atoms with van der Waals surface area (Å²) in [4.78, 5) is 21.4. The molecule has 0 radical (unpaired) electrons. The van der Waals surface area contributed by atoms with Gasteiger partial charge in [-0.2, -0.15) is 10.1 Å². The Hall–Kier alpha value is -2.84. The topological polar surface area (TPSA) is 84.7 Å². The summed E-state index contributed by atoms with van der Waals surface area (Å²) in [5.41, 5.74) is 1.45. The Morgan fingerprint density at radius 2 is 2.12 bits per heavy atom. The fraction of sp³-hybridized carbons (Fsp3) is 0.529. The average molecular weight is 357 g/mol. The molecule has 0 aromatic carbocycles. The number of aromatic nitrogens is 5. The van der Waals surface area contributed by atoms with E-state index < -0.39 is 0 Å². The summed E-state index contributed by atoms with van der Waals surface area (Å²) in [5.74, 6) is 1.31. The van der Waals surface area contributed by atoms with Crippen molar-refractivity contribution >= 4 is 17.5 Å². The van der Waals surface area contributed by atoms with Crippen LogP contribution in [0.15, 0.2) is 23.1 Å². The largest absolute Gasteiger partial charge is 0.337 e. The third-order valence-electron chi connectivity index (χ3n) is 4.75. The molecule has 4 heterocycles. The summed E-state index contributed by atoms with van der Waals surface area (Å²) in [6.07, 6.45) is 8.02. The summed E-state index contributed by atoms with van der Waals surface area (Å²) in [6.45, 7) is 4.91. The quantitative estimate of drug-likeness (QED) is 0.701. The number of hydrogen-bond acceptors (Lipinski definition) is 6. The number of anilines is 1. The lowest BCUT2D eigenvalue weighted by Gasteiger charge is -2.20. The zero-order valence-corrected chi connectivity index (χ0v) is 15.1. The number of amides is 1. The van der Waals surface area contributed by atoms with Crippen molar-refractivity contribution in [3.8, 4) is 0 Å². The second-order valence-electron chi connectivity index (χ2n) is 6.61. The lowest BCUT2D eigenvalue weighted by atomic mass is 10.2. The van der Waals surface area contributed by atoms with E-state index in [9.17, 15) is 4.79 Å². The Morgan fingerprint density at radius 1 is 1.23 bits per heavy atom. The second-order valence-corrected chi connectivity index (χ2v) is 6.61. The number of imidazole rings is 1. The van der Waals surface area contributed by atoms with Crippen molar-refractivity contribution in [2.45, 2.75) is 26.2 Å². The first-order chi connectivity index (χ1) is 12.7. The van der Waals surface area contributed by atoms with Crippen LogP contribution in [0.5, 0.6) is 0 Å². The average Bonchev–Trinajstić information content (AvgIpc) is 3.30. The highest BCUT2D eigenvalue weighted by atomic mass is 16.5. The molecule has 1 amide bonds. The maximum Gasteiger partial charge on any atom is 0.266 e. The van der Waals surface area contributed by atoms with Gasteiger partial charge in [-0.3, -0.25) is 4.79 Å². The summed E-state index contributed by atoms with van der Waals surface area (Å²) < 4.78 is 8.93. The van der Waals surface area contributed by atoms with E-state index in [2.05, 4.69) is 27.1 Å². The van der Waals surface area contributed by atoms with Crippen LogP contribution in [0.25, 0.3) is 5.65 Å². The van der Waals surface area contributed by atoms with E-state index in [0.717, 1.165) is 31.5 Å². The summed E-state index contributed by atoms with van der Waals surface area (Å²) >= 11 is 0. The van der Waals surface area contributed by atoms with Crippen LogP contribution >= 0.6 is 0 Å². The van der Waals surface area contributed by atoms with E-state index in [1.165, 1.54) is 0 Å². The van der Waals surface area contributed by atoms with Gasteiger partial charge in [0.2, 0.25) is 5.89 Å². The number of nitrogens with zero attached hydrogens (tertiary/aromatic N) is 7. The fourth-order valence-corrected chi connectivity index (χ4v) is 3.38. The molecule has 3 aromatic heterocycles. The lowest BCUT2D eigenvalue weighted by Crippen LogP contribution is -2.35. The van der Waals surface area contributed by atoms with Crippen LogP contribution in [0.1, 0.15) is 36.0 Å². The number of carbonyl (C=O) groups is 1. The zero-order valence-electron chi connectivity index (χ0n) is 15.1. The monoisotopic (exact) mass is 357 g/mol. The molecule has 1 aliphatic rings. The van der Waals surface area contributed by atoms with E-state index in [4.69, 9.17) is 4.52 Å². The lowest BCUT2D eigenvalue weighted by molar-refractivity contribution is 0.0768. The summed E-state index contributed by atoms with van der Waals surface area (Å²) in [6, 6.07) is 0. The number of rotatable bonds is 4. The van der Waals surface area contributed by atoms with Gasteiger partial charge in [-0.1, -0.05) is 6.92 Å². The van der Waals surface area contributed by atoms with Gasteiger partial charge < -0.3 is 18.9 Å². The van der Waals surface area contributed by atoms with Crippen LogP contribution in [-0.2, 0) is 13.5 Å². The van der Waals surface area contributed by atoms with Crippen molar-refractivity contribution in [2.75, 3.05) is 31.1 Å². The molecule has 1 saturated heterocycles. The maximum atomic E-state index is 13.0. The third-order valence-corrected chi connectivity index (χ3v) is 4.75. The van der Waals surface area contributed by atoms with Crippen molar-refractivity contribution in [3.63, 3.8) is 0 Å². The molecule has 0 saturated carbocycles. The van der Waals surface area contributed by atoms with Gasteiger partial charge in [0.25, 0.3) is 11.9 Å². The van der Waals surface area contributed by atoms with Gasteiger partial charge in [0.1, 0.15) is 11.2 Å². The molecule has 3 aromatic rings. The highest BCUT2D eigenvalue weighted by Gasteiger charge is 2.25. The molecule has 0 unspecified atom stereocenters. The predicted octanol–water partition coefficient (Wildman–Crippen LogP) is 1.36. The minimum absolute atomic E-state index is 0.0171. The molecule has 26 heavy (non-hydrogen) atoms. The smallest absolute Gasteiger partial charge is 0.266 e. The van der Waals surface area contributed by atoms with Crippen molar-refractivity contribution in [2.24, 2.45) is 7.05 Å². The molecule has 9 nitrogen and oxygen atoms in total. The minimum atomic E-state index is 0.0171. The van der Waals surface area contributed by atoms with Crippen LogP contribution in [0.3, 0.4) is 0 Å². The second kappa shape index (κ2) is 6.81. The molecule has 0 N–H and O–H groups in total. The van der Waals surface area contributed by atoms with Gasteiger partial charge >= 0.3 is 0 Å². The first-order valence-electron chi connectivity index (χ1n) is 9.03. The van der Waals surface area contributed by atoms with E-state index in [1.54, 1.807) is 10.7 Å². The molecule has 0 bridgehead atoms. The van der Waals surface area contributed by atoms with Gasteiger partial charge in [-0.15, -0.1) is 0 Å². The zero-order chi connectivity index (χ0) is 18.1. The van der Waals surface area contributed by atoms with Crippen LogP contribution in [0.4, 0.5) is 5.95 Å². The maximum absolute atomic E-state index is 13.0. The van der Waals surface area contributed by atoms with E-state index in [1.807, 2.05) is 28.9 Å². The third kappa shape index (κ3) is 2.93. The van der Waals surface area contributed by atoms with Crippen LogP contribution < -0.4 is 4.90 Å². The van der Waals surface area contributed by atoms with Crippen molar-refractivity contribution < 1.29 is 9.32 Å². The van der Waals surface area contributed by atoms with Gasteiger partial charge in [-0.25, -0.2) is 4.52 Å². The van der Waals surface area contributed by atoms with Crippen molar-refractivity contribution in [1.29, 1.82) is 0 Å². The number of carbonyl (C=O) groups excluding carboxylic acids is 1. The van der Waals surface area contributed by atoms with Crippen molar-refractivity contribution in [1.82, 2.24) is 29.2 Å². The molecule has 1 aliphatic heterocycles. The molecular formula is C17H23N7O2. The first-order valence-corrected chi connectivity index (χ1v) is 9.03. The Balaban J connectivity index is 1.47. The van der Waals surface area contributed by atoms with Gasteiger partial charge in [0, 0.05) is 52.0 Å². The van der Waals surface area contributed by atoms with Crippen LogP contribution in [-0.4, -0.2) is 61.3 Å². The highest BCUT2D eigenvalue weighted by molar-refractivity contribution is 5.99. The normalized spacial score (nSPS) is 15.6. The van der Waals surface area contributed by atoms with Gasteiger partial charge in [0.05, 0.1) is 6.20 Å². The van der Waals surface area contributed by atoms with Crippen LogP contribution in [0.2, 0.25) is 0 Å².